The maximum absolute atomic E-state index is 12.4. The second kappa shape index (κ2) is 7.26. The summed E-state index contributed by atoms with van der Waals surface area (Å²) >= 11 is 1.60. The van der Waals surface area contributed by atoms with Crippen molar-refractivity contribution in [3.63, 3.8) is 0 Å². The molecule has 5 nitrogen and oxygen atoms in total. The molecule has 1 aromatic rings. The first-order chi connectivity index (χ1) is 10.8. The second-order valence-corrected chi connectivity index (χ2v) is 6.52. The first-order valence-corrected chi connectivity index (χ1v) is 8.61. The van der Waals surface area contributed by atoms with E-state index in [9.17, 15) is 9.59 Å². The zero-order valence-corrected chi connectivity index (χ0v) is 13.3. The monoisotopic (exact) mass is 320 g/mol. The van der Waals surface area contributed by atoms with Crippen LogP contribution in [0.2, 0.25) is 0 Å². The van der Waals surface area contributed by atoms with Crippen molar-refractivity contribution >= 4 is 23.5 Å². The minimum Gasteiger partial charge on any atom is -0.379 e. The van der Waals surface area contributed by atoms with Crippen molar-refractivity contribution in [3.05, 3.63) is 29.3 Å². The van der Waals surface area contributed by atoms with E-state index in [0.717, 1.165) is 43.5 Å². The summed E-state index contributed by atoms with van der Waals surface area (Å²) in [5.74, 6) is 0.799. The van der Waals surface area contributed by atoms with Gasteiger partial charge >= 0.3 is 0 Å². The van der Waals surface area contributed by atoms with Gasteiger partial charge in [-0.15, -0.1) is 11.8 Å². The van der Waals surface area contributed by atoms with Gasteiger partial charge in [-0.3, -0.25) is 14.5 Å². The van der Waals surface area contributed by atoms with Gasteiger partial charge in [0.05, 0.1) is 18.8 Å². The minimum atomic E-state index is -0.0905. The number of nitrogens with zero attached hydrogens (tertiary/aromatic N) is 1. The van der Waals surface area contributed by atoms with Crippen molar-refractivity contribution < 1.29 is 14.3 Å². The van der Waals surface area contributed by atoms with E-state index >= 15 is 0 Å². The molecular formula is C16H20N2O3S. The van der Waals surface area contributed by atoms with Crippen LogP contribution < -0.4 is 5.32 Å². The Morgan fingerprint density at radius 3 is 2.95 bits per heavy atom. The zero-order chi connectivity index (χ0) is 15.4. The predicted molar refractivity (Wildman–Crippen MR) is 85.7 cm³/mol. The Hall–Kier alpha value is -1.37. The third-order valence-electron chi connectivity index (χ3n) is 3.95. The number of thioether (sulfide) groups is 1. The molecule has 0 bridgehead atoms. The predicted octanol–water partition coefficient (Wildman–Crippen LogP) is 1.43. The normalized spacial score (nSPS) is 18.8. The summed E-state index contributed by atoms with van der Waals surface area (Å²) in [6, 6.07) is 5.41. The Kier molecular flexibility index (Phi) is 5.12. The van der Waals surface area contributed by atoms with Crippen LogP contribution in [-0.2, 0) is 4.74 Å². The van der Waals surface area contributed by atoms with Crippen molar-refractivity contribution in [3.8, 4) is 0 Å². The molecule has 22 heavy (non-hydrogen) atoms. The second-order valence-electron chi connectivity index (χ2n) is 5.41. The summed E-state index contributed by atoms with van der Waals surface area (Å²) in [4.78, 5) is 27.4. The number of benzene rings is 1. The third kappa shape index (κ3) is 3.51. The fourth-order valence-electron chi connectivity index (χ4n) is 2.72. The topological polar surface area (TPSA) is 58.6 Å². The van der Waals surface area contributed by atoms with Crippen LogP contribution >= 0.6 is 11.8 Å². The average Bonchev–Trinajstić information content (AvgIpc) is 2.56. The van der Waals surface area contributed by atoms with Gasteiger partial charge in [0.25, 0.3) is 5.91 Å². The van der Waals surface area contributed by atoms with E-state index in [-0.39, 0.29) is 11.7 Å². The van der Waals surface area contributed by atoms with Crippen molar-refractivity contribution in [2.45, 2.75) is 11.3 Å². The molecule has 1 N–H and O–H groups in total. The van der Waals surface area contributed by atoms with Gasteiger partial charge in [-0.25, -0.2) is 0 Å². The highest BCUT2D eigenvalue weighted by Gasteiger charge is 2.23. The minimum absolute atomic E-state index is 0.0905. The molecule has 0 atom stereocenters. The van der Waals surface area contributed by atoms with Crippen LogP contribution in [0.4, 0.5) is 0 Å². The number of ether oxygens (including phenoxy) is 1. The molecule has 0 aromatic heterocycles. The molecule has 0 unspecified atom stereocenters. The standard InChI is InChI=1S/C16H20N2O3S/c19-14-4-11-22-15-12(14)2-1-3-13(15)16(20)17-5-6-18-7-9-21-10-8-18/h1-3H,4-11H2,(H,17,20). The number of carbonyl (C=O) groups excluding carboxylic acids is 2. The first-order valence-electron chi connectivity index (χ1n) is 7.63. The number of rotatable bonds is 4. The largest absolute Gasteiger partial charge is 0.379 e. The summed E-state index contributed by atoms with van der Waals surface area (Å²) in [5, 5.41) is 2.97. The van der Waals surface area contributed by atoms with Crippen LogP contribution in [0.1, 0.15) is 27.1 Å². The molecule has 2 aliphatic heterocycles. The summed E-state index contributed by atoms with van der Waals surface area (Å²) < 4.78 is 5.31. The van der Waals surface area contributed by atoms with E-state index in [1.165, 1.54) is 0 Å². The van der Waals surface area contributed by atoms with Crippen LogP contribution in [0.3, 0.4) is 0 Å². The molecule has 3 rings (SSSR count). The van der Waals surface area contributed by atoms with E-state index in [4.69, 9.17) is 4.74 Å². The Bertz CT molecular complexity index is 571. The zero-order valence-electron chi connectivity index (χ0n) is 12.5. The first kappa shape index (κ1) is 15.5. The Morgan fingerprint density at radius 2 is 2.14 bits per heavy atom. The van der Waals surface area contributed by atoms with Crippen molar-refractivity contribution in [1.29, 1.82) is 0 Å². The molecule has 6 heteroatoms. The molecule has 118 valence electrons. The molecule has 0 radical (unpaired) electrons. The number of morpholine rings is 1. The molecule has 0 saturated carbocycles. The molecule has 0 aliphatic carbocycles. The van der Waals surface area contributed by atoms with Crippen LogP contribution in [0.25, 0.3) is 0 Å². The average molecular weight is 320 g/mol. The van der Waals surface area contributed by atoms with Gasteiger partial charge in [0, 0.05) is 48.8 Å². The molecule has 1 saturated heterocycles. The lowest BCUT2D eigenvalue weighted by atomic mass is 10.0. The van der Waals surface area contributed by atoms with Gasteiger partial charge in [-0.05, 0) is 6.07 Å². The number of Topliss-reactive ketones (excluding diaryl/α,β-unsaturated/α-hetero) is 1. The van der Waals surface area contributed by atoms with E-state index < -0.39 is 0 Å². The van der Waals surface area contributed by atoms with E-state index in [1.54, 1.807) is 23.9 Å². The lowest BCUT2D eigenvalue weighted by Crippen LogP contribution is -2.41. The molecule has 1 amide bonds. The fourth-order valence-corrected chi connectivity index (χ4v) is 3.86. The molecule has 2 aliphatic rings. The van der Waals surface area contributed by atoms with Gasteiger partial charge in [-0.1, -0.05) is 12.1 Å². The highest BCUT2D eigenvalue weighted by atomic mass is 32.2. The number of ketones is 1. The van der Waals surface area contributed by atoms with Crippen LogP contribution in [0.15, 0.2) is 23.1 Å². The Balaban J connectivity index is 1.60. The molecule has 1 aromatic carbocycles. The number of amides is 1. The van der Waals surface area contributed by atoms with Gasteiger partial charge in [0.15, 0.2) is 5.78 Å². The van der Waals surface area contributed by atoms with Gasteiger partial charge in [0.2, 0.25) is 0 Å². The van der Waals surface area contributed by atoms with Crippen LogP contribution in [0, 0.1) is 0 Å². The number of nitrogens with one attached hydrogen (secondary N) is 1. The third-order valence-corrected chi connectivity index (χ3v) is 5.09. The Morgan fingerprint density at radius 1 is 1.32 bits per heavy atom. The molecule has 1 fully saturated rings. The van der Waals surface area contributed by atoms with Crippen molar-refractivity contribution in [1.82, 2.24) is 10.2 Å². The van der Waals surface area contributed by atoms with E-state index in [1.807, 2.05) is 6.07 Å². The summed E-state index contributed by atoms with van der Waals surface area (Å²) in [6.07, 6.45) is 0.555. The number of carbonyl (C=O) groups is 2. The number of hydrogen-bond acceptors (Lipinski definition) is 5. The van der Waals surface area contributed by atoms with E-state index in [2.05, 4.69) is 10.2 Å². The molecular weight excluding hydrogens is 300 g/mol. The quantitative estimate of drug-likeness (QED) is 0.909. The van der Waals surface area contributed by atoms with E-state index in [0.29, 0.717) is 24.1 Å². The number of fused-ring (bicyclic) bond motifs is 1. The van der Waals surface area contributed by atoms with Crippen molar-refractivity contribution in [2.24, 2.45) is 0 Å². The lowest BCUT2D eigenvalue weighted by molar-refractivity contribution is 0.0383. The summed E-state index contributed by atoms with van der Waals surface area (Å²) in [5.41, 5.74) is 1.31. The summed E-state index contributed by atoms with van der Waals surface area (Å²) in [7, 11) is 0. The highest BCUT2D eigenvalue weighted by Crippen LogP contribution is 2.32. The summed E-state index contributed by atoms with van der Waals surface area (Å²) in [6.45, 7) is 4.80. The van der Waals surface area contributed by atoms with Crippen LogP contribution in [0.5, 0.6) is 0 Å². The molecule has 0 spiro atoms. The van der Waals surface area contributed by atoms with Gasteiger partial charge in [0.1, 0.15) is 0 Å². The molecule has 2 heterocycles. The maximum Gasteiger partial charge on any atom is 0.252 e. The van der Waals surface area contributed by atoms with Crippen molar-refractivity contribution in [2.75, 3.05) is 45.1 Å². The maximum atomic E-state index is 12.4. The SMILES string of the molecule is O=C1CCSc2c1cccc2C(=O)NCCN1CCOCC1. The van der Waals surface area contributed by atoms with Crippen LogP contribution in [-0.4, -0.2) is 61.7 Å². The number of hydrogen-bond donors (Lipinski definition) is 1. The highest BCUT2D eigenvalue weighted by molar-refractivity contribution is 7.99. The fraction of sp³-hybridized carbons (Fsp3) is 0.500. The van der Waals surface area contributed by atoms with Gasteiger partial charge < -0.3 is 10.1 Å². The smallest absolute Gasteiger partial charge is 0.252 e. The lowest BCUT2D eigenvalue weighted by Gasteiger charge is -2.26. The van der Waals surface area contributed by atoms with Gasteiger partial charge in [-0.2, -0.15) is 0 Å². The Labute approximate surface area is 134 Å².